The molecule has 0 radical (unpaired) electrons. The Kier molecular flexibility index (Phi) is 4.70. The SMILES string of the molecule is C[Si](C)(C)C.OC1(C(F)(F)F)OC2C3CCC(C3)C2CC1(F)F. The Morgan fingerprint density at radius 2 is 1.52 bits per heavy atom. The van der Waals surface area contributed by atoms with Gasteiger partial charge in [-0.2, -0.15) is 13.2 Å². The third-order valence-electron chi connectivity index (χ3n) is 4.68. The van der Waals surface area contributed by atoms with E-state index in [1.807, 2.05) is 0 Å². The number of aliphatic hydroxyl groups is 1. The van der Waals surface area contributed by atoms with E-state index in [-0.39, 0.29) is 11.8 Å². The van der Waals surface area contributed by atoms with E-state index in [4.69, 9.17) is 0 Å². The molecule has 1 N–H and O–H groups in total. The van der Waals surface area contributed by atoms with Gasteiger partial charge in [-0.25, -0.2) is 8.78 Å². The van der Waals surface area contributed by atoms with Crippen molar-refractivity contribution >= 4 is 8.07 Å². The summed E-state index contributed by atoms with van der Waals surface area (Å²) in [6.07, 6.45) is -5.19. The summed E-state index contributed by atoms with van der Waals surface area (Å²) in [5.74, 6) is -9.27. The molecule has 5 atom stereocenters. The first kappa shape index (κ1) is 19.1. The van der Waals surface area contributed by atoms with Crippen molar-refractivity contribution in [2.75, 3.05) is 0 Å². The molecule has 1 aliphatic heterocycles. The first-order chi connectivity index (χ1) is 10.2. The van der Waals surface area contributed by atoms with E-state index in [0.29, 0.717) is 12.8 Å². The maximum absolute atomic E-state index is 13.6. The van der Waals surface area contributed by atoms with Gasteiger partial charge < -0.3 is 9.84 Å². The standard InChI is InChI=1S/C11H13F5O2.C4H12Si/c12-9(13)4-7-5-1-2-6(3-5)8(7)18-10(9,17)11(14,15)16;1-5(2,3)4/h5-8,17H,1-4H2;1-4H3. The quantitative estimate of drug-likeness (QED) is 0.503. The fraction of sp³-hybridized carbons (Fsp3) is 1.00. The summed E-state index contributed by atoms with van der Waals surface area (Å²) < 4.78 is 69.7. The van der Waals surface area contributed by atoms with Crippen molar-refractivity contribution < 1.29 is 31.8 Å². The lowest BCUT2D eigenvalue weighted by molar-refractivity contribution is -0.462. The van der Waals surface area contributed by atoms with Crippen molar-refractivity contribution in [2.45, 2.75) is 75.9 Å². The number of fused-ring (bicyclic) bond motifs is 5. The lowest BCUT2D eigenvalue weighted by Crippen LogP contribution is -2.67. The summed E-state index contributed by atoms with van der Waals surface area (Å²) in [6.45, 7) is 9.31. The minimum absolute atomic E-state index is 0.0173. The molecule has 0 aromatic heterocycles. The second-order valence-electron chi connectivity index (χ2n) is 8.63. The molecule has 2 nitrogen and oxygen atoms in total. The van der Waals surface area contributed by atoms with Crippen molar-refractivity contribution in [2.24, 2.45) is 17.8 Å². The summed E-state index contributed by atoms with van der Waals surface area (Å²) in [5, 5.41) is 9.31. The van der Waals surface area contributed by atoms with Crippen LogP contribution in [0, 0.1) is 17.8 Å². The predicted octanol–water partition coefficient (Wildman–Crippen LogP) is 4.66. The van der Waals surface area contributed by atoms with E-state index >= 15 is 0 Å². The topological polar surface area (TPSA) is 29.5 Å². The molecule has 3 aliphatic rings. The largest absolute Gasteiger partial charge is 0.449 e. The van der Waals surface area contributed by atoms with Gasteiger partial charge in [0.25, 0.3) is 0 Å². The summed E-state index contributed by atoms with van der Waals surface area (Å²) in [6, 6.07) is 0. The molecular formula is C15H25F5O2Si. The minimum Gasteiger partial charge on any atom is -0.354 e. The van der Waals surface area contributed by atoms with E-state index in [1.54, 1.807) is 0 Å². The Morgan fingerprint density at radius 1 is 1.04 bits per heavy atom. The second-order valence-corrected chi connectivity index (χ2v) is 14.6. The van der Waals surface area contributed by atoms with Crippen LogP contribution in [0.5, 0.6) is 0 Å². The molecule has 8 heteroatoms. The Morgan fingerprint density at radius 3 is 2.00 bits per heavy atom. The predicted molar refractivity (Wildman–Crippen MR) is 79.0 cm³/mol. The average Bonchev–Trinajstić information content (AvgIpc) is 2.87. The van der Waals surface area contributed by atoms with Gasteiger partial charge in [-0.3, -0.25) is 0 Å². The van der Waals surface area contributed by atoms with Gasteiger partial charge in [0.2, 0.25) is 0 Å². The molecule has 0 spiro atoms. The fourth-order valence-corrected chi connectivity index (χ4v) is 3.82. The van der Waals surface area contributed by atoms with Crippen LogP contribution < -0.4 is 0 Å². The van der Waals surface area contributed by atoms with Crippen molar-refractivity contribution in [3.63, 3.8) is 0 Å². The highest BCUT2D eigenvalue weighted by atomic mass is 28.3. The summed E-state index contributed by atoms with van der Waals surface area (Å²) >= 11 is 0. The molecule has 1 heterocycles. The molecule has 0 aromatic carbocycles. The number of hydrogen-bond donors (Lipinski definition) is 1. The Balaban J connectivity index is 0.000000338. The van der Waals surface area contributed by atoms with Gasteiger partial charge in [-0.1, -0.05) is 26.2 Å². The highest BCUT2D eigenvalue weighted by Crippen LogP contribution is 2.60. The van der Waals surface area contributed by atoms with Gasteiger partial charge in [0.05, 0.1) is 6.10 Å². The number of halogens is 5. The minimum atomic E-state index is -5.48. The van der Waals surface area contributed by atoms with E-state index in [1.165, 1.54) is 0 Å². The van der Waals surface area contributed by atoms with Crippen molar-refractivity contribution in [3.05, 3.63) is 0 Å². The molecule has 5 unspecified atom stereocenters. The smallest absolute Gasteiger partial charge is 0.354 e. The molecule has 136 valence electrons. The lowest BCUT2D eigenvalue weighted by Gasteiger charge is -2.48. The van der Waals surface area contributed by atoms with Crippen molar-refractivity contribution in [1.82, 2.24) is 0 Å². The van der Waals surface area contributed by atoms with Gasteiger partial charge >= 0.3 is 17.9 Å². The maximum Gasteiger partial charge on any atom is 0.449 e. The average molecular weight is 360 g/mol. The molecule has 2 saturated carbocycles. The molecule has 0 aromatic rings. The number of ether oxygens (including phenoxy) is 1. The first-order valence-corrected chi connectivity index (χ1v) is 12.0. The molecular weight excluding hydrogens is 335 g/mol. The first-order valence-electron chi connectivity index (χ1n) is 8.00. The fourth-order valence-electron chi connectivity index (χ4n) is 3.82. The van der Waals surface area contributed by atoms with Gasteiger partial charge in [-0.05, 0) is 37.0 Å². The Hall–Kier alpha value is -0.213. The molecule has 1 saturated heterocycles. The van der Waals surface area contributed by atoms with Gasteiger partial charge in [0.15, 0.2) is 0 Å². The van der Waals surface area contributed by atoms with Gasteiger partial charge in [-0.15, -0.1) is 0 Å². The number of hydrogen-bond acceptors (Lipinski definition) is 2. The van der Waals surface area contributed by atoms with Crippen molar-refractivity contribution in [1.29, 1.82) is 0 Å². The molecule has 2 bridgehead atoms. The monoisotopic (exact) mass is 360 g/mol. The van der Waals surface area contributed by atoms with Gasteiger partial charge in [0.1, 0.15) is 0 Å². The van der Waals surface area contributed by atoms with E-state index in [9.17, 15) is 27.1 Å². The highest BCUT2D eigenvalue weighted by molar-refractivity contribution is 6.74. The molecule has 23 heavy (non-hydrogen) atoms. The van der Waals surface area contributed by atoms with E-state index in [2.05, 4.69) is 30.9 Å². The van der Waals surface area contributed by atoms with Crippen LogP contribution in [-0.2, 0) is 4.74 Å². The molecule has 3 rings (SSSR count). The third-order valence-corrected chi connectivity index (χ3v) is 4.68. The molecule has 0 amide bonds. The van der Waals surface area contributed by atoms with Crippen LogP contribution in [-0.4, -0.2) is 37.2 Å². The van der Waals surface area contributed by atoms with Crippen LogP contribution in [0.25, 0.3) is 0 Å². The van der Waals surface area contributed by atoms with Crippen LogP contribution in [0.4, 0.5) is 22.0 Å². The molecule has 3 fully saturated rings. The van der Waals surface area contributed by atoms with E-state index in [0.717, 1.165) is 6.42 Å². The number of rotatable bonds is 0. The van der Waals surface area contributed by atoms with Crippen LogP contribution >= 0.6 is 0 Å². The van der Waals surface area contributed by atoms with Crippen LogP contribution in [0.3, 0.4) is 0 Å². The number of alkyl halides is 5. The third kappa shape index (κ3) is 3.58. The van der Waals surface area contributed by atoms with E-state index < -0.39 is 44.4 Å². The Bertz CT molecular complexity index is 442. The summed E-state index contributed by atoms with van der Waals surface area (Å²) in [5.41, 5.74) is 0. The van der Waals surface area contributed by atoms with Crippen molar-refractivity contribution in [3.8, 4) is 0 Å². The van der Waals surface area contributed by atoms with Crippen LogP contribution in [0.15, 0.2) is 0 Å². The molecule has 2 aliphatic carbocycles. The van der Waals surface area contributed by atoms with Gasteiger partial charge in [0, 0.05) is 14.5 Å². The zero-order valence-corrected chi connectivity index (χ0v) is 14.9. The summed E-state index contributed by atoms with van der Waals surface area (Å²) in [4.78, 5) is 0. The lowest BCUT2D eigenvalue weighted by atomic mass is 9.78. The van der Waals surface area contributed by atoms with Crippen LogP contribution in [0.1, 0.15) is 25.7 Å². The normalized spacial score (nSPS) is 42.0. The second kappa shape index (κ2) is 5.66. The zero-order valence-electron chi connectivity index (χ0n) is 13.9. The maximum atomic E-state index is 13.6. The highest BCUT2D eigenvalue weighted by Gasteiger charge is 2.76. The summed E-state index contributed by atoms with van der Waals surface area (Å²) in [7, 11) is -0.611. The zero-order chi connectivity index (χ0) is 17.8. The van der Waals surface area contributed by atoms with Crippen LogP contribution in [0.2, 0.25) is 26.2 Å². The Labute approximate surface area is 134 Å².